The van der Waals surface area contributed by atoms with Crippen molar-refractivity contribution in [2.75, 3.05) is 27.4 Å². The van der Waals surface area contributed by atoms with E-state index in [2.05, 4.69) is 15.6 Å². The number of nitrogens with zero attached hydrogens (tertiary/aromatic N) is 2. The van der Waals surface area contributed by atoms with Gasteiger partial charge in [-0.25, -0.2) is 4.79 Å². The lowest BCUT2D eigenvalue weighted by molar-refractivity contribution is 0.242. The minimum absolute atomic E-state index is 0.235. The Kier molecular flexibility index (Phi) is 5.37. The summed E-state index contributed by atoms with van der Waals surface area (Å²) in [5.74, 6) is 0.336. The first kappa shape index (κ1) is 11.5. The third kappa shape index (κ3) is 4.86. The van der Waals surface area contributed by atoms with Gasteiger partial charge in [0.15, 0.2) is 5.96 Å². The highest BCUT2D eigenvalue weighted by Crippen LogP contribution is 1.81. The molecule has 2 amide bonds. The first-order chi connectivity index (χ1) is 6.11. The van der Waals surface area contributed by atoms with Gasteiger partial charge in [-0.15, -0.1) is 0 Å². The number of aliphatic imine (C=N–C) groups is 1. The van der Waals surface area contributed by atoms with Gasteiger partial charge in [0.05, 0.1) is 13.3 Å². The van der Waals surface area contributed by atoms with Crippen LogP contribution in [-0.2, 0) is 0 Å². The molecule has 13 heavy (non-hydrogen) atoms. The topological polar surface area (TPSA) is 109 Å². The van der Waals surface area contributed by atoms with Gasteiger partial charge in [-0.05, 0) is 7.05 Å². The molecule has 0 heterocycles. The number of amides is 2. The number of urea groups is 1. The zero-order valence-electron chi connectivity index (χ0n) is 7.87. The molecule has 7 heteroatoms. The van der Waals surface area contributed by atoms with Crippen molar-refractivity contribution in [2.45, 2.75) is 0 Å². The quantitative estimate of drug-likeness (QED) is 0.233. The van der Waals surface area contributed by atoms with Crippen LogP contribution < -0.4 is 22.1 Å². The highest BCUT2D eigenvalue weighted by molar-refractivity contribution is 5.78. The van der Waals surface area contributed by atoms with E-state index in [9.17, 15) is 4.79 Å². The van der Waals surface area contributed by atoms with Crippen molar-refractivity contribution in [3.63, 3.8) is 0 Å². The van der Waals surface area contributed by atoms with Crippen LogP contribution in [0.5, 0.6) is 0 Å². The maximum atomic E-state index is 10.4. The zero-order chi connectivity index (χ0) is 10.3. The summed E-state index contributed by atoms with van der Waals surface area (Å²) >= 11 is 0. The molecule has 0 spiro atoms. The van der Waals surface area contributed by atoms with Gasteiger partial charge in [-0.3, -0.25) is 4.99 Å². The van der Waals surface area contributed by atoms with Crippen LogP contribution >= 0.6 is 0 Å². The third-order valence-electron chi connectivity index (χ3n) is 1.35. The van der Waals surface area contributed by atoms with E-state index >= 15 is 0 Å². The van der Waals surface area contributed by atoms with E-state index in [1.54, 1.807) is 19.0 Å². The number of primary amides is 1. The first-order valence-electron chi connectivity index (χ1n) is 3.77. The van der Waals surface area contributed by atoms with Crippen molar-refractivity contribution in [2.24, 2.45) is 16.5 Å². The Morgan fingerprint density at radius 1 is 1.46 bits per heavy atom. The van der Waals surface area contributed by atoms with Crippen molar-refractivity contribution in [3.05, 3.63) is 0 Å². The van der Waals surface area contributed by atoms with E-state index in [-0.39, 0.29) is 6.67 Å². The molecular weight excluding hydrogens is 172 g/mol. The van der Waals surface area contributed by atoms with Crippen LogP contribution in [0.1, 0.15) is 0 Å². The molecule has 0 aromatic carbocycles. The highest BCUT2D eigenvalue weighted by Gasteiger charge is 2.05. The van der Waals surface area contributed by atoms with Gasteiger partial charge < -0.3 is 27.0 Å². The SMILES string of the molecule is CN=C(N)N(CNC)CNC(N)=O. The standard InChI is InChI=1S/C6H16N6O/c1-9-3-12(5(7)10-2)4-11-6(8)13/h9H,3-4H2,1-2H3,(H2,7,10)(H3,8,11,13). The van der Waals surface area contributed by atoms with Gasteiger partial charge >= 0.3 is 6.03 Å². The molecule has 0 unspecified atom stereocenters. The van der Waals surface area contributed by atoms with Crippen molar-refractivity contribution < 1.29 is 4.79 Å². The summed E-state index contributed by atoms with van der Waals surface area (Å²) in [6.07, 6.45) is 0. The Morgan fingerprint density at radius 2 is 2.08 bits per heavy atom. The summed E-state index contributed by atoms with van der Waals surface area (Å²) in [5, 5.41) is 5.29. The molecule has 7 nitrogen and oxygen atoms in total. The summed E-state index contributed by atoms with van der Waals surface area (Å²) in [7, 11) is 3.34. The van der Waals surface area contributed by atoms with Crippen LogP contribution in [0.2, 0.25) is 0 Å². The van der Waals surface area contributed by atoms with E-state index in [4.69, 9.17) is 11.5 Å². The number of nitrogens with two attached hydrogens (primary N) is 2. The lowest BCUT2D eigenvalue weighted by Crippen LogP contribution is -2.49. The highest BCUT2D eigenvalue weighted by atomic mass is 16.2. The van der Waals surface area contributed by atoms with Crippen LogP contribution in [0.15, 0.2) is 4.99 Å². The molecule has 0 saturated carbocycles. The van der Waals surface area contributed by atoms with E-state index < -0.39 is 6.03 Å². The average Bonchev–Trinajstić information content (AvgIpc) is 2.10. The van der Waals surface area contributed by atoms with Gasteiger partial charge in [0.25, 0.3) is 0 Å². The molecule has 0 atom stereocenters. The number of guanidine groups is 1. The molecule has 6 N–H and O–H groups in total. The fourth-order valence-corrected chi connectivity index (χ4v) is 0.724. The summed E-state index contributed by atoms with van der Waals surface area (Å²) in [6.45, 7) is 0.725. The zero-order valence-corrected chi connectivity index (χ0v) is 7.87. The minimum atomic E-state index is -0.593. The fraction of sp³-hybridized carbons (Fsp3) is 0.667. The van der Waals surface area contributed by atoms with Gasteiger partial charge in [-0.2, -0.15) is 0 Å². The van der Waals surface area contributed by atoms with Gasteiger partial charge in [0, 0.05) is 7.05 Å². The molecule has 0 aliphatic carbocycles. The number of nitrogens with one attached hydrogen (secondary N) is 2. The van der Waals surface area contributed by atoms with E-state index in [0.717, 1.165) is 0 Å². The third-order valence-corrected chi connectivity index (χ3v) is 1.35. The van der Waals surface area contributed by atoms with Crippen molar-refractivity contribution in [3.8, 4) is 0 Å². The van der Waals surface area contributed by atoms with E-state index in [0.29, 0.717) is 12.6 Å². The molecule has 0 bridgehead atoms. The second kappa shape index (κ2) is 6.06. The number of carbonyl (C=O) groups is 1. The molecule has 0 aliphatic heterocycles. The summed E-state index contributed by atoms with van der Waals surface area (Å²) < 4.78 is 0. The van der Waals surface area contributed by atoms with Crippen molar-refractivity contribution >= 4 is 12.0 Å². The molecule has 0 saturated heterocycles. The predicted octanol–water partition coefficient (Wildman–Crippen LogP) is -1.96. The van der Waals surface area contributed by atoms with Crippen LogP contribution in [0.3, 0.4) is 0 Å². The van der Waals surface area contributed by atoms with E-state index in [1.807, 2.05) is 0 Å². The number of carbonyl (C=O) groups excluding carboxylic acids is 1. The smallest absolute Gasteiger partial charge is 0.313 e. The maximum absolute atomic E-state index is 10.4. The minimum Gasteiger partial charge on any atom is -0.370 e. The average molecular weight is 188 g/mol. The summed E-state index contributed by atoms with van der Waals surface area (Å²) in [5.41, 5.74) is 10.4. The lowest BCUT2D eigenvalue weighted by atomic mass is 10.7. The van der Waals surface area contributed by atoms with Crippen LogP contribution in [0.25, 0.3) is 0 Å². The Labute approximate surface area is 77.2 Å². The molecule has 0 radical (unpaired) electrons. The largest absolute Gasteiger partial charge is 0.370 e. The Bertz CT molecular complexity index is 192. The van der Waals surface area contributed by atoms with E-state index in [1.165, 1.54) is 0 Å². The second-order valence-corrected chi connectivity index (χ2v) is 2.33. The Hall–Kier alpha value is -1.50. The lowest BCUT2D eigenvalue weighted by Gasteiger charge is -2.22. The monoisotopic (exact) mass is 188 g/mol. The van der Waals surface area contributed by atoms with Crippen LogP contribution in [0, 0.1) is 0 Å². The number of hydrogen-bond acceptors (Lipinski definition) is 3. The Morgan fingerprint density at radius 3 is 2.46 bits per heavy atom. The maximum Gasteiger partial charge on any atom is 0.313 e. The van der Waals surface area contributed by atoms with Gasteiger partial charge in [-0.1, -0.05) is 0 Å². The van der Waals surface area contributed by atoms with Crippen molar-refractivity contribution in [1.82, 2.24) is 15.5 Å². The normalized spacial score (nSPS) is 11.1. The van der Waals surface area contributed by atoms with Crippen molar-refractivity contribution in [1.29, 1.82) is 0 Å². The molecule has 76 valence electrons. The molecule has 0 aliphatic rings. The Balaban J connectivity index is 4.02. The fourth-order valence-electron chi connectivity index (χ4n) is 0.724. The molecular formula is C6H16N6O. The van der Waals surface area contributed by atoms with Crippen LogP contribution in [0.4, 0.5) is 4.79 Å². The second-order valence-electron chi connectivity index (χ2n) is 2.33. The summed E-state index contributed by atoms with van der Waals surface area (Å²) in [4.78, 5) is 15.8. The molecule has 0 rings (SSSR count). The van der Waals surface area contributed by atoms with Gasteiger partial charge in [0.2, 0.25) is 0 Å². The van der Waals surface area contributed by atoms with Crippen LogP contribution in [-0.4, -0.2) is 44.3 Å². The number of rotatable bonds is 4. The van der Waals surface area contributed by atoms with Gasteiger partial charge in [0.1, 0.15) is 0 Å². The first-order valence-corrected chi connectivity index (χ1v) is 3.77. The number of hydrogen-bond donors (Lipinski definition) is 4. The summed E-state index contributed by atoms with van der Waals surface area (Å²) in [6, 6.07) is -0.593. The molecule has 0 aromatic rings. The molecule has 0 fully saturated rings. The predicted molar refractivity (Wildman–Crippen MR) is 50.9 cm³/mol. The molecule has 0 aromatic heterocycles.